The number of hydrogen-bond acceptors (Lipinski definition) is 4. The quantitative estimate of drug-likeness (QED) is 0.518. The molecule has 32 heavy (non-hydrogen) atoms. The third kappa shape index (κ3) is 4.94. The van der Waals surface area contributed by atoms with Crippen molar-refractivity contribution in [3.8, 4) is 11.3 Å². The number of nitrogens with one attached hydrogen (secondary N) is 1. The second-order valence-corrected chi connectivity index (χ2v) is 8.35. The summed E-state index contributed by atoms with van der Waals surface area (Å²) in [6.45, 7) is 3.94. The Morgan fingerprint density at radius 2 is 1.97 bits per heavy atom. The van der Waals surface area contributed by atoms with Gasteiger partial charge < -0.3 is 11.1 Å². The van der Waals surface area contributed by atoms with Crippen molar-refractivity contribution in [1.82, 2.24) is 15.1 Å². The Morgan fingerprint density at radius 1 is 1.25 bits per heavy atom. The van der Waals surface area contributed by atoms with Crippen LogP contribution in [0.25, 0.3) is 17.3 Å². The molecule has 2 aromatic heterocycles. The molecular formula is C23H25F3N4OS. The van der Waals surface area contributed by atoms with Crippen LogP contribution in [0.4, 0.5) is 13.2 Å². The number of carbonyl (C=O) groups is 1. The Hall–Kier alpha value is -2.91. The molecule has 0 saturated carbocycles. The number of amides is 1. The van der Waals surface area contributed by atoms with E-state index in [-0.39, 0.29) is 17.8 Å². The average Bonchev–Trinajstić information content (AvgIpc) is 3.35. The van der Waals surface area contributed by atoms with Crippen LogP contribution in [0, 0.1) is 0 Å². The van der Waals surface area contributed by atoms with Crippen LogP contribution in [0.1, 0.15) is 45.1 Å². The maximum atomic E-state index is 13.3. The summed E-state index contributed by atoms with van der Waals surface area (Å²) >= 11 is 1.36. The van der Waals surface area contributed by atoms with Gasteiger partial charge in [-0.05, 0) is 42.2 Å². The van der Waals surface area contributed by atoms with Crippen LogP contribution in [0.3, 0.4) is 0 Å². The molecule has 3 aromatic rings. The first-order chi connectivity index (χ1) is 15.2. The van der Waals surface area contributed by atoms with E-state index < -0.39 is 17.6 Å². The van der Waals surface area contributed by atoms with E-state index in [4.69, 9.17) is 5.73 Å². The number of benzene rings is 1. The number of nitrogens with two attached hydrogens (primary N) is 1. The zero-order chi connectivity index (χ0) is 23.5. The van der Waals surface area contributed by atoms with Gasteiger partial charge in [-0.25, -0.2) is 0 Å². The van der Waals surface area contributed by atoms with Gasteiger partial charge in [0.25, 0.3) is 5.91 Å². The summed E-state index contributed by atoms with van der Waals surface area (Å²) in [5.41, 5.74) is 8.09. The minimum absolute atomic E-state index is 0.0515. The van der Waals surface area contributed by atoms with Crippen LogP contribution in [0.15, 0.2) is 42.2 Å². The molecule has 0 aliphatic heterocycles. The molecule has 3 N–H and O–H groups in total. The molecule has 2 heterocycles. The van der Waals surface area contributed by atoms with Gasteiger partial charge in [0.05, 0.1) is 22.3 Å². The fourth-order valence-electron chi connectivity index (χ4n) is 3.51. The maximum Gasteiger partial charge on any atom is 0.416 e. The highest BCUT2D eigenvalue weighted by Crippen LogP contribution is 2.35. The molecule has 3 rings (SSSR count). The Kier molecular flexibility index (Phi) is 7.20. The number of aromatic nitrogens is 2. The Morgan fingerprint density at radius 3 is 2.59 bits per heavy atom. The lowest BCUT2D eigenvalue weighted by atomic mass is 10.1. The maximum absolute atomic E-state index is 13.3. The van der Waals surface area contributed by atoms with Gasteiger partial charge in [-0.15, -0.1) is 11.3 Å². The number of alkyl halides is 3. The third-order valence-corrected chi connectivity index (χ3v) is 6.37. The highest BCUT2D eigenvalue weighted by Gasteiger charge is 2.32. The average molecular weight is 463 g/mol. The highest BCUT2D eigenvalue weighted by molar-refractivity contribution is 7.14. The largest absolute Gasteiger partial charge is 0.416 e. The van der Waals surface area contributed by atoms with E-state index in [0.717, 1.165) is 40.6 Å². The summed E-state index contributed by atoms with van der Waals surface area (Å²) in [4.78, 5) is 14.4. The lowest BCUT2D eigenvalue weighted by Crippen LogP contribution is -2.26. The van der Waals surface area contributed by atoms with Gasteiger partial charge in [-0.2, -0.15) is 18.3 Å². The monoisotopic (exact) mass is 462 g/mol. The third-order valence-electron chi connectivity index (χ3n) is 5.09. The Labute approximate surface area is 188 Å². The minimum Gasteiger partial charge on any atom is -0.325 e. The van der Waals surface area contributed by atoms with Gasteiger partial charge in [0.2, 0.25) is 0 Å². The van der Waals surface area contributed by atoms with Gasteiger partial charge in [-0.3, -0.25) is 9.48 Å². The van der Waals surface area contributed by atoms with Crippen LogP contribution in [-0.4, -0.2) is 22.2 Å². The summed E-state index contributed by atoms with van der Waals surface area (Å²) in [7, 11) is 1.86. The van der Waals surface area contributed by atoms with E-state index >= 15 is 0 Å². The van der Waals surface area contributed by atoms with Gasteiger partial charge in [0.15, 0.2) is 0 Å². The standard InChI is InChI=1S/C23H25F3N4OS/c1-4-14-13-28-30(3)21(14)17-11-20(32-19(17)5-2)22(31)29-16(12-27)10-15-8-6-7-9-18(15)23(24,25)26/h6-11,13H,4-5,12,27H2,1-3H3,(H,29,31)/b16-10+. The molecular weight excluding hydrogens is 437 g/mol. The van der Waals surface area contributed by atoms with E-state index in [9.17, 15) is 18.0 Å². The molecule has 1 amide bonds. The van der Waals surface area contributed by atoms with E-state index in [1.54, 1.807) is 4.68 Å². The van der Waals surface area contributed by atoms with Gasteiger partial charge in [0, 0.05) is 29.7 Å². The molecule has 0 unspecified atom stereocenters. The first-order valence-corrected chi connectivity index (χ1v) is 11.0. The van der Waals surface area contributed by atoms with Crippen LogP contribution in [0.5, 0.6) is 0 Å². The van der Waals surface area contributed by atoms with Crippen LogP contribution in [0.2, 0.25) is 0 Å². The number of halogens is 3. The normalized spacial score (nSPS) is 12.3. The van der Waals surface area contributed by atoms with Crippen LogP contribution in [-0.2, 0) is 26.1 Å². The molecule has 1 aromatic carbocycles. The zero-order valence-electron chi connectivity index (χ0n) is 18.1. The lowest BCUT2D eigenvalue weighted by Gasteiger charge is -2.12. The van der Waals surface area contributed by atoms with Gasteiger partial charge in [-0.1, -0.05) is 32.0 Å². The van der Waals surface area contributed by atoms with Gasteiger partial charge >= 0.3 is 6.18 Å². The van der Waals surface area contributed by atoms with Crippen molar-refractivity contribution in [2.75, 3.05) is 6.54 Å². The molecule has 9 heteroatoms. The summed E-state index contributed by atoms with van der Waals surface area (Å²) in [6.07, 6.45) is 0.129. The molecule has 0 radical (unpaired) electrons. The molecule has 0 aliphatic carbocycles. The predicted molar refractivity (Wildman–Crippen MR) is 121 cm³/mol. The number of nitrogens with zero attached hydrogens (tertiary/aromatic N) is 2. The summed E-state index contributed by atoms with van der Waals surface area (Å²) < 4.78 is 41.7. The van der Waals surface area contributed by atoms with E-state index in [2.05, 4.69) is 10.4 Å². The van der Waals surface area contributed by atoms with Crippen molar-refractivity contribution in [1.29, 1.82) is 0 Å². The molecule has 0 aliphatic rings. The molecule has 0 atom stereocenters. The lowest BCUT2D eigenvalue weighted by molar-refractivity contribution is -0.137. The number of hydrogen-bond donors (Lipinski definition) is 2. The number of carbonyl (C=O) groups excluding carboxylic acids is 1. The van der Waals surface area contributed by atoms with Crippen molar-refractivity contribution in [2.45, 2.75) is 32.9 Å². The predicted octanol–water partition coefficient (Wildman–Crippen LogP) is 5.02. The van der Waals surface area contributed by atoms with E-state index in [1.165, 1.54) is 35.6 Å². The first-order valence-electron chi connectivity index (χ1n) is 10.2. The second-order valence-electron chi connectivity index (χ2n) is 7.21. The second kappa shape index (κ2) is 9.70. The SMILES string of the molecule is CCc1cnn(C)c1-c1cc(C(=O)N/C(=C/c2ccccc2C(F)(F)F)CN)sc1CC. The Balaban J connectivity index is 1.93. The van der Waals surface area contributed by atoms with Crippen molar-refractivity contribution in [3.63, 3.8) is 0 Å². The Bertz CT molecular complexity index is 1140. The molecule has 170 valence electrons. The fraction of sp³-hybridized carbons (Fsp3) is 0.304. The van der Waals surface area contributed by atoms with Crippen molar-refractivity contribution < 1.29 is 18.0 Å². The first kappa shape index (κ1) is 23.7. The van der Waals surface area contributed by atoms with Crippen LogP contribution >= 0.6 is 11.3 Å². The van der Waals surface area contributed by atoms with Crippen molar-refractivity contribution in [3.05, 3.63) is 68.7 Å². The van der Waals surface area contributed by atoms with Crippen molar-refractivity contribution >= 4 is 23.3 Å². The number of thiophene rings is 1. The molecule has 0 spiro atoms. The van der Waals surface area contributed by atoms with Crippen LogP contribution < -0.4 is 11.1 Å². The summed E-state index contributed by atoms with van der Waals surface area (Å²) in [5.74, 6) is -0.405. The summed E-state index contributed by atoms with van der Waals surface area (Å²) in [5, 5.41) is 7.01. The van der Waals surface area contributed by atoms with Crippen molar-refractivity contribution in [2.24, 2.45) is 12.8 Å². The minimum atomic E-state index is -4.50. The zero-order valence-corrected chi connectivity index (χ0v) is 18.9. The smallest absolute Gasteiger partial charge is 0.325 e. The molecule has 5 nitrogen and oxygen atoms in total. The van der Waals surface area contributed by atoms with E-state index in [1.807, 2.05) is 33.2 Å². The topological polar surface area (TPSA) is 72.9 Å². The number of aryl methyl sites for hydroxylation is 3. The molecule has 0 saturated heterocycles. The fourth-order valence-corrected chi connectivity index (χ4v) is 4.51. The van der Waals surface area contributed by atoms with Gasteiger partial charge in [0.1, 0.15) is 0 Å². The molecule has 0 bridgehead atoms. The van der Waals surface area contributed by atoms with E-state index in [0.29, 0.717) is 4.88 Å². The highest BCUT2D eigenvalue weighted by atomic mass is 32.1. The summed E-state index contributed by atoms with van der Waals surface area (Å²) in [6, 6.07) is 6.99. The molecule has 0 fully saturated rings. The number of rotatable bonds is 7.